The van der Waals surface area contributed by atoms with E-state index in [2.05, 4.69) is 31.9 Å². The van der Waals surface area contributed by atoms with Gasteiger partial charge in [0.15, 0.2) is 0 Å². The van der Waals surface area contributed by atoms with Crippen LogP contribution in [-0.4, -0.2) is 71.4 Å². The van der Waals surface area contributed by atoms with E-state index >= 15 is 0 Å². The Labute approximate surface area is 241 Å². The van der Waals surface area contributed by atoms with Gasteiger partial charge >= 0.3 is 0 Å². The molecule has 12 heteroatoms. The summed E-state index contributed by atoms with van der Waals surface area (Å²) < 4.78 is 20.7. The Kier molecular flexibility index (Phi) is 9.29. The van der Waals surface area contributed by atoms with Gasteiger partial charge in [0.25, 0.3) is 0 Å². The molecule has 2 aromatic carbocycles. The summed E-state index contributed by atoms with van der Waals surface area (Å²) in [5.41, 5.74) is 3.47. The molecule has 2 atom stereocenters. The third-order valence-corrected chi connectivity index (χ3v) is 7.92. The summed E-state index contributed by atoms with van der Waals surface area (Å²) >= 11 is 14.2. The van der Waals surface area contributed by atoms with Crippen LogP contribution < -0.4 is 9.64 Å². The van der Waals surface area contributed by atoms with Crippen LogP contribution in [0.1, 0.15) is 5.56 Å². The van der Waals surface area contributed by atoms with Crippen molar-refractivity contribution in [1.29, 1.82) is 5.26 Å². The quantitative estimate of drug-likeness (QED) is 0.189. The number of piperazine rings is 1. The van der Waals surface area contributed by atoms with E-state index in [4.69, 9.17) is 42.7 Å². The lowest BCUT2D eigenvalue weighted by Gasteiger charge is -2.35. The van der Waals surface area contributed by atoms with E-state index in [1.165, 1.54) is 0 Å². The Morgan fingerprint density at radius 1 is 1.18 bits per heavy atom. The van der Waals surface area contributed by atoms with Gasteiger partial charge in [-0.3, -0.25) is 4.90 Å². The number of nitrogens with zero attached hydrogens (tertiary/aromatic N) is 6. The first-order valence-corrected chi connectivity index (χ1v) is 14.3. The Hall–Kier alpha value is -2.78. The fraction of sp³-hybridized carbons (Fsp3) is 0.370. The maximum Gasteiger partial charge on any atom is 0.215 e. The summed E-state index contributed by atoms with van der Waals surface area (Å²) in [7, 11) is 0. The minimum Gasteiger partial charge on any atom is -0.491 e. The highest BCUT2D eigenvalue weighted by Crippen LogP contribution is 2.40. The molecule has 5 rings (SSSR count). The highest BCUT2D eigenvalue weighted by Gasteiger charge is 2.45. The number of ether oxygens (including phenoxy) is 3. The Balaban J connectivity index is 1.15. The molecule has 0 bridgehead atoms. The first-order chi connectivity index (χ1) is 19.0. The predicted molar refractivity (Wildman–Crippen MR) is 153 cm³/mol. The minimum atomic E-state index is -1.08. The third-order valence-electron chi connectivity index (χ3n) is 6.60. The summed E-state index contributed by atoms with van der Waals surface area (Å²) in [6, 6.07) is 13.5. The first kappa shape index (κ1) is 27.8. The number of hydrogen-bond donors (Lipinski definition) is 0. The van der Waals surface area contributed by atoms with Gasteiger partial charge in [0.1, 0.15) is 18.5 Å². The van der Waals surface area contributed by atoms with Crippen molar-refractivity contribution in [1.82, 2.24) is 14.5 Å². The number of halogens is 2. The summed E-state index contributed by atoms with van der Waals surface area (Å²) in [6.45, 7) is 4.88. The van der Waals surface area contributed by atoms with Crippen molar-refractivity contribution in [2.45, 2.75) is 18.4 Å². The van der Waals surface area contributed by atoms with Gasteiger partial charge < -0.3 is 23.7 Å². The number of rotatable bonds is 10. The van der Waals surface area contributed by atoms with Crippen molar-refractivity contribution in [3.05, 3.63) is 76.8 Å². The Morgan fingerprint density at radius 2 is 2.00 bits per heavy atom. The molecule has 9 nitrogen and oxygen atoms in total. The molecule has 2 aliphatic rings. The number of anilines is 1. The van der Waals surface area contributed by atoms with Crippen LogP contribution in [0.2, 0.25) is 10.0 Å². The molecule has 0 aliphatic carbocycles. The van der Waals surface area contributed by atoms with Crippen molar-refractivity contribution in [2.75, 3.05) is 50.2 Å². The van der Waals surface area contributed by atoms with E-state index in [1.54, 1.807) is 48.2 Å². The molecule has 2 unspecified atom stereocenters. The largest absolute Gasteiger partial charge is 0.491 e. The fourth-order valence-electron chi connectivity index (χ4n) is 4.65. The molecule has 2 aliphatic heterocycles. The van der Waals surface area contributed by atoms with Crippen molar-refractivity contribution in [3.8, 4) is 11.9 Å². The van der Waals surface area contributed by atoms with Crippen LogP contribution in [0.25, 0.3) is 0 Å². The summed E-state index contributed by atoms with van der Waals surface area (Å²) in [4.78, 5) is 12.4. The number of imidazole rings is 1. The molecule has 39 heavy (non-hydrogen) atoms. The van der Waals surface area contributed by atoms with Crippen molar-refractivity contribution in [2.24, 2.45) is 4.99 Å². The normalized spacial score (nSPS) is 21.9. The van der Waals surface area contributed by atoms with Crippen LogP contribution >= 0.6 is 35.0 Å². The fourth-order valence-corrected chi connectivity index (χ4v) is 5.86. The lowest BCUT2D eigenvalue weighted by Crippen LogP contribution is -2.46. The van der Waals surface area contributed by atoms with E-state index in [1.807, 2.05) is 29.0 Å². The monoisotopic (exact) mass is 586 g/mol. The van der Waals surface area contributed by atoms with Gasteiger partial charge in [-0.2, -0.15) is 10.3 Å². The van der Waals surface area contributed by atoms with E-state index in [0.717, 1.165) is 43.5 Å². The number of aromatic nitrogens is 2. The molecular weight excluding hydrogens is 559 g/mol. The van der Waals surface area contributed by atoms with Crippen molar-refractivity contribution >= 4 is 46.2 Å². The second-order valence-corrected chi connectivity index (χ2v) is 10.8. The molecule has 1 aromatic heterocycles. The smallest absolute Gasteiger partial charge is 0.215 e. The average molecular weight is 588 g/mol. The molecule has 0 amide bonds. The lowest BCUT2D eigenvalue weighted by molar-refractivity contribution is -0.189. The molecule has 0 N–H and O–H groups in total. The van der Waals surface area contributed by atoms with E-state index in [9.17, 15) is 0 Å². The van der Waals surface area contributed by atoms with Crippen LogP contribution in [0.3, 0.4) is 0 Å². The van der Waals surface area contributed by atoms with Gasteiger partial charge in [-0.15, -0.1) is 0 Å². The molecule has 3 heterocycles. The Bertz CT molecular complexity index is 1300. The highest BCUT2D eigenvalue weighted by molar-refractivity contribution is 8.12. The summed E-state index contributed by atoms with van der Waals surface area (Å²) in [5.74, 6) is 0.529. The molecule has 0 spiro atoms. The molecular formula is C27H28Cl2N6O3S. The van der Waals surface area contributed by atoms with Gasteiger partial charge in [0.05, 0.1) is 35.9 Å². The summed E-state index contributed by atoms with van der Waals surface area (Å²) in [6.07, 6.45) is 6.77. The highest BCUT2D eigenvalue weighted by atomic mass is 35.5. The topological polar surface area (TPSA) is 88.1 Å². The van der Waals surface area contributed by atoms with Gasteiger partial charge in [0.2, 0.25) is 12.0 Å². The third kappa shape index (κ3) is 7.06. The number of aliphatic imine (C=N–C) groups is 1. The molecule has 0 saturated carbocycles. The number of benzene rings is 2. The average Bonchev–Trinajstić information content (AvgIpc) is 3.61. The molecule has 0 radical (unpaired) electrons. The zero-order valence-corrected chi connectivity index (χ0v) is 23.5. The van der Waals surface area contributed by atoms with Crippen molar-refractivity contribution in [3.63, 3.8) is 0 Å². The predicted octanol–water partition coefficient (Wildman–Crippen LogP) is 4.86. The summed E-state index contributed by atoms with van der Waals surface area (Å²) in [5, 5.41) is 9.51. The van der Waals surface area contributed by atoms with Crippen molar-refractivity contribution < 1.29 is 14.2 Å². The zero-order valence-electron chi connectivity index (χ0n) is 21.2. The lowest BCUT2D eigenvalue weighted by atomic mass is 10.1. The van der Waals surface area contributed by atoms with Gasteiger partial charge in [-0.05, 0) is 36.4 Å². The maximum atomic E-state index is 8.48. The number of hydrogen-bond acceptors (Lipinski definition) is 9. The van der Waals surface area contributed by atoms with Crippen LogP contribution in [-0.2, 0) is 21.8 Å². The maximum absolute atomic E-state index is 8.48. The van der Waals surface area contributed by atoms with Crippen LogP contribution in [0.15, 0.2) is 66.2 Å². The number of thioether (sulfide) groups is 1. The number of nitriles is 1. The zero-order chi connectivity index (χ0) is 27.1. The second-order valence-electron chi connectivity index (χ2n) is 9.20. The van der Waals surface area contributed by atoms with Gasteiger partial charge in [-0.1, -0.05) is 41.0 Å². The standard InChI is InChI=1S/C27H28Cl2N6O3S/c28-21-1-6-25(26(29)13-21)27(16-34-8-7-31-18-34)37-15-24(38-27)14-36-23-4-2-22(3-5-23)35-11-9-33(10-12-35)20-39-19-32-17-30/h1-8,13,18-19,24H,9-12,14-16,20H2. The molecule has 2 saturated heterocycles. The van der Waals surface area contributed by atoms with E-state index in [0.29, 0.717) is 35.4 Å². The SMILES string of the molecule is N#CN=CSCN1CCN(c2ccc(OCC3COC(Cn4ccnc4)(c4ccc(Cl)cc4Cl)O3)cc2)CC1. The Morgan fingerprint density at radius 3 is 2.72 bits per heavy atom. The van der Waals surface area contributed by atoms with E-state index < -0.39 is 5.79 Å². The van der Waals surface area contributed by atoms with Crippen LogP contribution in [0.4, 0.5) is 5.69 Å². The molecule has 204 valence electrons. The molecule has 2 fully saturated rings. The second kappa shape index (κ2) is 13.0. The van der Waals surface area contributed by atoms with Gasteiger partial charge in [0, 0.05) is 54.8 Å². The minimum absolute atomic E-state index is 0.288. The van der Waals surface area contributed by atoms with Gasteiger partial charge in [-0.25, -0.2) is 4.98 Å². The van der Waals surface area contributed by atoms with E-state index in [-0.39, 0.29) is 6.10 Å². The molecule has 3 aromatic rings. The van der Waals surface area contributed by atoms with Crippen LogP contribution in [0.5, 0.6) is 5.75 Å². The first-order valence-electron chi connectivity index (χ1n) is 12.5. The van der Waals surface area contributed by atoms with Crippen LogP contribution in [0, 0.1) is 11.5 Å².